The standard InChI is InChI=1S/C12H16FN3O2/c13-11-7-9(1-2-12(11)16(17)18)8-15-5-3-10(14)4-6-15/h1-2,7,10H,3-6,8,14H2. The van der Waals surface area contributed by atoms with Crippen LogP contribution < -0.4 is 5.73 Å². The smallest absolute Gasteiger partial charge is 0.304 e. The molecule has 0 atom stereocenters. The molecule has 5 nitrogen and oxygen atoms in total. The fourth-order valence-electron chi connectivity index (χ4n) is 2.17. The highest BCUT2D eigenvalue weighted by Crippen LogP contribution is 2.20. The van der Waals surface area contributed by atoms with Crippen molar-refractivity contribution in [3.8, 4) is 0 Å². The molecule has 0 saturated carbocycles. The molecule has 1 aliphatic heterocycles. The Hall–Kier alpha value is -1.53. The van der Waals surface area contributed by atoms with Crippen molar-refractivity contribution in [1.29, 1.82) is 0 Å². The molecule has 98 valence electrons. The topological polar surface area (TPSA) is 72.4 Å². The van der Waals surface area contributed by atoms with Crippen molar-refractivity contribution in [3.05, 3.63) is 39.7 Å². The predicted octanol–water partition coefficient (Wildman–Crippen LogP) is 1.66. The lowest BCUT2D eigenvalue weighted by atomic mass is 10.1. The van der Waals surface area contributed by atoms with Gasteiger partial charge in [-0.3, -0.25) is 15.0 Å². The number of hydrogen-bond donors (Lipinski definition) is 1. The van der Waals surface area contributed by atoms with E-state index >= 15 is 0 Å². The fourth-order valence-corrected chi connectivity index (χ4v) is 2.17. The average molecular weight is 253 g/mol. The van der Waals surface area contributed by atoms with Crippen LogP contribution in [0.5, 0.6) is 0 Å². The number of hydrogen-bond acceptors (Lipinski definition) is 4. The Morgan fingerprint density at radius 3 is 2.67 bits per heavy atom. The third-order valence-corrected chi connectivity index (χ3v) is 3.25. The lowest BCUT2D eigenvalue weighted by molar-refractivity contribution is -0.387. The number of halogens is 1. The van der Waals surface area contributed by atoms with E-state index in [4.69, 9.17) is 5.73 Å². The number of nitrogens with two attached hydrogens (primary N) is 1. The van der Waals surface area contributed by atoms with E-state index in [-0.39, 0.29) is 6.04 Å². The molecule has 1 aromatic rings. The number of nitro benzene ring substituents is 1. The highest BCUT2D eigenvalue weighted by atomic mass is 19.1. The first-order valence-electron chi connectivity index (χ1n) is 5.97. The summed E-state index contributed by atoms with van der Waals surface area (Å²) in [6.45, 7) is 2.39. The van der Waals surface area contributed by atoms with Crippen molar-refractivity contribution in [3.63, 3.8) is 0 Å². The minimum absolute atomic E-state index is 0.259. The summed E-state index contributed by atoms with van der Waals surface area (Å²) in [5.41, 5.74) is 6.09. The number of nitrogens with zero attached hydrogens (tertiary/aromatic N) is 2. The predicted molar refractivity (Wildman–Crippen MR) is 65.5 cm³/mol. The largest absolute Gasteiger partial charge is 0.328 e. The molecule has 0 unspecified atom stereocenters. The summed E-state index contributed by atoms with van der Waals surface area (Å²) < 4.78 is 13.4. The van der Waals surface area contributed by atoms with Crippen LogP contribution in [0.3, 0.4) is 0 Å². The Balaban J connectivity index is 2.02. The first-order valence-corrected chi connectivity index (χ1v) is 5.97. The van der Waals surface area contributed by atoms with Crippen LogP contribution in [0.4, 0.5) is 10.1 Å². The maximum atomic E-state index is 13.4. The summed E-state index contributed by atoms with van der Waals surface area (Å²) in [5.74, 6) is -0.772. The molecular formula is C12H16FN3O2. The second-order valence-corrected chi connectivity index (χ2v) is 4.66. The molecule has 2 rings (SSSR count). The molecule has 2 N–H and O–H groups in total. The lowest BCUT2D eigenvalue weighted by Crippen LogP contribution is -2.39. The molecule has 0 aromatic heterocycles. The monoisotopic (exact) mass is 253 g/mol. The van der Waals surface area contributed by atoms with Gasteiger partial charge in [0, 0.05) is 18.7 Å². The van der Waals surface area contributed by atoms with Gasteiger partial charge >= 0.3 is 5.69 Å². The van der Waals surface area contributed by atoms with Crippen LogP contribution in [0.2, 0.25) is 0 Å². The van der Waals surface area contributed by atoms with E-state index in [2.05, 4.69) is 4.90 Å². The Kier molecular flexibility index (Phi) is 3.88. The van der Waals surface area contributed by atoms with Gasteiger partial charge in [0.1, 0.15) is 0 Å². The zero-order valence-corrected chi connectivity index (χ0v) is 10.0. The van der Waals surface area contributed by atoms with Crippen LogP contribution in [0.15, 0.2) is 18.2 Å². The van der Waals surface area contributed by atoms with Crippen LogP contribution in [0.1, 0.15) is 18.4 Å². The van der Waals surface area contributed by atoms with E-state index in [0.717, 1.165) is 31.5 Å². The van der Waals surface area contributed by atoms with E-state index in [1.807, 2.05) is 0 Å². The Bertz CT molecular complexity index is 445. The summed E-state index contributed by atoms with van der Waals surface area (Å²) in [5, 5.41) is 10.5. The maximum absolute atomic E-state index is 13.4. The lowest BCUT2D eigenvalue weighted by Gasteiger charge is -2.29. The van der Waals surface area contributed by atoms with E-state index in [0.29, 0.717) is 6.54 Å². The van der Waals surface area contributed by atoms with Gasteiger partial charge in [-0.25, -0.2) is 0 Å². The molecule has 1 aromatic carbocycles. The van der Waals surface area contributed by atoms with Crippen molar-refractivity contribution >= 4 is 5.69 Å². The second-order valence-electron chi connectivity index (χ2n) is 4.66. The Morgan fingerprint density at radius 1 is 1.44 bits per heavy atom. The van der Waals surface area contributed by atoms with Crippen LogP contribution in [0.25, 0.3) is 0 Å². The van der Waals surface area contributed by atoms with E-state index in [9.17, 15) is 14.5 Å². The van der Waals surface area contributed by atoms with Crippen LogP contribution in [0, 0.1) is 15.9 Å². The van der Waals surface area contributed by atoms with Gasteiger partial charge in [0.05, 0.1) is 4.92 Å². The first-order chi connectivity index (χ1) is 8.56. The number of nitro groups is 1. The second kappa shape index (κ2) is 5.41. The van der Waals surface area contributed by atoms with Gasteiger partial charge in [-0.2, -0.15) is 4.39 Å². The summed E-state index contributed by atoms with van der Waals surface area (Å²) >= 11 is 0. The van der Waals surface area contributed by atoms with Crippen LogP contribution in [-0.4, -0.2) is 29.0 Å². The zero-order chi connectivity index (χ0) is 13.1. The van der Waals surface area contributed by atoms with Gasteiger partial charge in [-0.15, -0.1) is 0 Å². The number of likely N-dealkylation sites (tertiary alicyclic amines) is 1. The normalized spacial score (nSPS) is 17.9. The zero-order valence-electron chi connectivity index (χ0n) is 10.0. The molecular weight excluding hydrogens is 237 g/mol. The number of piperidine rings is 1. The number of rotatable bonds is 3. The highest BCUT2D eigenvalue weighted by molar-refractivity contribution is 5.34. The van der Waals surface area contributed by atoms with Crippen LogP contribution >= 0.6 is 0 Å². The molecule has 18 heavy (non-hydrogen) atoms. The van der Waals surface area contributed by atoms with E-state index in [1.165, 1.54) is 12.1 Å². The van der Waals surface area contributed by atoms with Gasteiger partial charge in [-0.05, 0) is 37.6 Å². The van der Waals surface area contributed by atoms with Gasteiger partial charge in [0.25, 0.3) is 0 Å². The molecule has 0 bridgehead atoms. The van der Waals surface area contributed by atoms with Gasteiger partial charge in [0.2, 0.25) is 5.82 Å². The molecule has 0 radical (unpaired) electrons. The summed E-state index contributed by atoms with van der Waals surface area (Å²) in [6, 6.07) is 4.33. The molecule has 1 saturated heterocycles. The molecule has 0 amide bonds. The quantitative estimate of drug-likeness (QED) is 0.656. The molecule has 6 heteroatoms. The molecule has 1 heterocycles. The van der Waals surface area contributed by atoms with Crippen molar-refractivity contribution in [2.24, 2.45) is 5.73 Å². The molecule has 0 spiro atoms. The van der Waals surface area contributed by atoms with E-state index in [1.54, 1.807) is 6.07 Å². The maximum Gasteiger partial charge on any atom is 0.304 e. The molecule has 1 fully saturated rings. The minimum Gasteiger partial charge on any atom is -0.328 e. The average Bonchev–Trinajstić information content (AvgIpc) is 2.32. The van der Waals surface area contributed by atoms with Gasteiger partial charge in [0.15, 0.2) is 0 Å². The Morgan fingerprint density at radius 2 is 2.11 bits per heavy atom. The van der Waals surface area contributed by atoms with Gasteiger partial charge in [-0.1, -0.05) is 6.07 Å². The summed E-state index contributed by atoms with van der Waals surface area (Å²) in [4.78, 5) is 12.0. The van der Waals surface area contributed by atoms with Crippen molar-refractivity contribution in [2.75, 3.05) is 13.1 Å². The Labute approximate surface area is 105 Å². The minimum atomic E-state index is -0.772. The molecule has 1 aliphatic rings. The molecule has 0 aliphatic carbocycles. The third kappa shape index (κ3) is 3.02. The van der Waals surface area contributed by atoms with Crippen LogP contribution in [-0.2, 0) is 6.54 Å². The van der Waals surface area contributed by atoms with Crippen molar-refractivity contribution in [2.45, 2.75) is 25.4 Å². The van der Waals surface area contributed by atoms with Gasteiger partial charge < -0.3 is 5.73 Å². The summed E-state index contributed by atoms with van der Waals surface area (Å²) in [7, 11) is 0. The van der Waals surface area contributed by atoms with Crippen molar-refractivity contribution < 1.29 is 9.31 Å². The SMILES string of the molecule is NC1CCN(Cc2ccc([N+](=O)[O-])c(F)c2)CC1. The van der Waals surface area contributed by atoms with Crippen molar-refractivity contribution in [1.82, 2.24) is 4.90 Å². The fraction of sp³-hybridized carbons (Fsp3) is 0.500. The first kappa shape index (κ1) is 12.9. The third-order valence-electron chi connectivity index (χ3n) is 3.25. The van der Waals surface area contributed by atoms with E-state index < -0.39 is 16.4 Å². The highest BCUT2D eigenvalue weighted by Gasteiger charge is 2.18. The summed E-state index contributed by atoms with van der Waals surface area (Å²) in [6.07, 6.45) is 1.88. The number of benzene rings is 1.